The van der Waals surface area contributed by atoms with E-state index in [1.54, 1.807) is 0 Å². The molecule has 57 heavy (non-hydrogen) atoms. The van der Waals surface area contributed by atoms with Crippen molar-refractivity contribution in [3.8, 4) is 67.3 Å². The van der Waals surface area contributed by atoms with Gasteiger partial charge in [-0.25, -0.2) is 9.97 Å². The molecule has 1 aromatic heterocycles. The zero-order chi connectivity index (χ0) is 37.5. The molecule has 2 aliphatic carbocycles. The lowest BCUT2D eigenvalue weighted by Crippen LogP contribution is -2.26. The van der Waals surface area contributed by atoms with Crippen molar-refractivity contribution >= 4 is 21.5 Å². The van der Waals surface area contributed by atoms with Gasteiger partial charge in [0.1, 0.15) is 0 Å². The molecule has 0 saturated heterocycles. The molecule has 0 atom stereocenters. The maximum absolute atomic E-state index is 5.21. The van der Waals surface area contributed by atoms with E-state index in [0.717, 1.165) is 33.6 Å². The summed E-state index contributed by atoms with van der Waals surface area (Å²) in [6.07, 6.45) is 0. The van der Waals surface area contributed by atoms with Gasteiger partial charge in [-0.3, -0.25) is 0 Å². The van der Waals surface area contributed by atoms with Crippen molar-refractivity contribution in [3.05, 3.63) is 229 Å². The third-order valence-corrected chi connectivity index (χ3v) is 12.3. The summed E-state index contributed by atoms with van der Waals surface area (Å²) < 4.78 is 0. The van der Waals surface area contributed by atoms with Gasteiger partial charge in [0, 0.05) is 16.7 Å². The summed E-state index contributed by atoms with van der Waals surface area (Å²) in [5.41, 5.74) is 17.5. The maximum atomic E-state index is 5.21. The molecular weight excluding hydrogens is 689 g/mol. The van der Waals surface area contributed by atoms with Gasteiger partial charge in [0.15, 0.2) is 5.82 Å². The fourth-order valence-electron chi connectivity index (χ4n) is 9.91. The van der Waals surface area contributed by atoms with Crippen molar-refractivity contribution in [2.24, 2.45) is 0 Å². The van der Waals surface area contributed by atoms with Crippen LogP contribution in [0.15, 0.2) is 206 Å². The van der Waals surface area contributed by atoms with Gasteiger partial charge in [-0.05, 0) is 95.4 Å². The quantitative estimate of drug-likeness (QED) is 0.181. The summed E-state index contributed by atoms with van der Waals surface area (Å²) in [5.74, 6) is 0.714. The highest BCUT2D eigenvalue weighted by atomic mass is 14.9. The predicted molar refractivity (Wildman–Crippen MR) is 235 cm³/mol. The molecule has 0 unspecified atom stereocenters. The zero-order valence-corrected chi connectivity index (χ0v) is 31.0. The van der Waals surface area contributed by atoms with E-state index in [4.69, 9.17) is 9.97 Å². The molecule has 10 aromatic rings. The number of benzene rings is 9. The summed E-state index contributed by atoms with van der Waals surface area (Å²) in [7, 11) is 0. The molecule has 9 aromatic carbocycles. The van der Waals surface area contributed by atoms with Gasteiger partial charge in [0.2, 0.25) is 0 Å². The Morgan fingerprint density at radius 1 is 0.298 bits per heavy atom. The lowest BCUT2D eigenvalue weighted by atomic mass is 9.70. The molecule has 2 aliphatic rings. The summed E-state index contributed by atoms with van der Waals surface area (Å²) in [4.78, 5) is 10.3. The fourth-order valence-corrected chi connectivity index (χ4v) is 9.91. The molecule has 0 bridgehead atoms. The Morgan fingerprint density at radius 3 is 1.58 bits per heavy atom. The highest BCUT2D eigenvalue weighted by Crippen LogP contribution is 2.65. The maximum Gasteiger partial charge on any atom is 0.160 e. The fraction of sp³-hybridized carbons (Fsp3) is 0.0182. The lowest BCUT2D eigenvalue weighted by molar-refractivity contribution is 0.795. The van der Waals surface area contributed by atoms with Gasteiger partial charge in [0.05, 0.1) is 16.8 Å². The van der Waals surface area contributed by atoms with E-state index in [-0.39, 0.29) is 0 Å². The van der Waals surface area contributed by atoms with Crippen LogP contribution in [-0.4, -0.2) is 9.97 Å². The first-order chi connectivity index (χ1) is 28.3. The van der Waals surface area contributed by atoms with Crippen LogP contribution in [0.4, 0.5) is 0 Å². The first kappa shape index (κ1) is 31.9. The van der Waals surface area contributed by atoms with Gasteiger partial charge in [-0.1, -0.05) is 188 Å². The third kappa shape index (κ3) is 4.59. The summed E-state index contributed by atoms with van der Waals surface area (Å²) in [5, 5.41) is 5.06. The molecule has 264 valence electrons. The van der Waals surface area contributed by atoms with Crippen molar-refractivity contribution < 1.29 is 0 Å². The van der Waals surface area contributed by atoms with Crippen LogP contribution in [0, 0.1) is 0 Å². The van der Waals surface area contributed by atoms with Crippen LogP contribution < -0.4 is 0 Å². The monoisotopic (exact) mass is 722 g/mol. The number of fused-ring (bicyclic) bond motifs is 14. The Hall–Kier alpha value is -7.42. The standard InChI is InChI=1S/C55H34N2/c1-3-17-36(18-4-1)50-34-51(57-54(56-50)37-19-5-2-6-20-37)39-22-15-21-38(32-39)45-33-49-53(44-27-10-9-24-41(44)45)52-40-23-8-7-16-35(40)30-31-48(52)55(49)46-28-13-11-25-42(46)43-26-12-14-29-47(43)55/h1-34H. The van der Waals surface area contributed by atoms with Crippen molar-refractivity contribution in [3.63, 3.8) is 0 Å². The minimum atomic E-state index is -0.472. The molecule has 0 aliphatic heterocycles. The second-order valence-electron chi connectivity index (χ2n) is 15.2. The molecule has 0 amide bonds. The first-order valence-electron chi connectivity index (χ1n) is 19.7. The van der Waals surface area contributed by atoms with E-state index < -0.39 is 5.41 Å². The topological polar surface area (TPSA) is 25.8 Å². The summed E-state index contributed by atoms with van der Waals surface area (Å²) in [6, 6.07) is 75.1. The van der Waals surface area contributed by atoms with E-state index in [9.17, 15) is 0 Å². The molecule has 1 heterocycles. The molecule has 0 fully saturated rings. The minimum Gasteiger partial charge on any atom is -0.228 e. The average Bonchev–Trinajstić information content (AvgIpc) is 3.77. The molecule has 0 N–H and O–H groups in total. The van der Waals surface area contributed by atoms with Crippen LogP contribution in [0.1, 0.15) is 22.3 Å². The van der Waals surface area contributed by atoms with E-state index in [0.29, 0.717) is 5.82 Å². The predicted octanol–water partition coefficient (Wildman–Crippen LogP) is 13.8. The van der Waals surface area contributed by atoms with Crippen LogP contribution in [0.25, 0.3) is 88.8 Å². The Balaban J connectivity index is 1.14. The normalized spacial score (nSPS) is 13.1. The van der Waals surface area contributed by atoms with E-state index in [1.807, 2.05) is 24.3 Å². The summed E-state index contributed by atoms with van der Waals surface area (Å²) >= 11 is 0. The molecule has 12 rings (SSSR count). The van der Waals surface area contributed by atoms with Gasteiger partial charge >= 0.3 is 0 Å². The number of hydrogen-bond donors (Lipinski definition) is 0. The number of hydrogen-bond acceptors (Lipinski definition) is 2. The highest BCUT2D eigenvalue weighted by Gasteiger charge is 2.52. The van der Waals surface area contributed by atoms with Crippen LogP contribution >= 0.6 is 0 Å². The molecule has 2 nitrogen and oxygen atoms in total. The van der Waals surface area contributed by atoms with Crippen molar-refractivity contribution in [1.29, 1.82) is 0 Å². The van der Waals surface area contributed by atoms with Gasteiger partial charge < -0.3 is 0 Å². The van der Waals surface area contributed by atoms with Gasteiger partial charge in [-0.15, -0.1) is 0 Å². The molecule has 1 spiro atoms. The average molecular weight is 723 g/mol. The van der Waals surface area contributed by atoms with Crippen LogP contribution in [0.5, 0.6) is 0 Å². The van der Waals surface area contributed by atoms with E-state index in [1.165, 1.54) is 71.6 Å². The SMILES string of the molecule is c1ccc(-c2cc(-c3cccc(-c4cc5c(c6ccccc46)-c4c(ccc6ccccc46)C54c5ccccc5-c5ccccc54)c3)nc(-c3ccccc3)n2)cc1. The van der Waals surface area contributed by atoms with Crippen LogP contribution in [0.3, 0.4) is 0 Å². The molecule has 0 saturated carbocycles. The van der Waals surface area contributed by atoms with Crippen LogP contribution in [0.2, 0.25) is 0 Å². The van der Waals surface area contributed by atoms with Crippen molar-refractivity contribution in [2.45, 2.75) is 5.41 Å². The second kappa shape index (κ2) is 12.3. The first-order valence-corrected chi connectivity index (χ1v) is 19.7. The van der Waals surface area contributed by atoms with Gasteiger partial charge in [-0.2, -0.15) is 0 Å². The lowest BCUT2D eigenvalue weighted by Gasteiger charge is -2.31. The highest BCUT2D eigenvalue weighted by molar-refractivity contribution is 6.16. The number of nitrogens with zero attached hydrogens (tertiary/aromatic N) is 2. The Morgan fingerprint density at radius 2 is 0.842 bits per heavy atom. The molecule has 2 heteroatoms. The smallest absolute Gasteiger partial charge is 0.160 e. The van der Waals surface area contributed by atoms with Crippen molar-refractivity contribution in [2.75, 3.05) is 0 Å². The Kier molecular flexibility index (Phi) is 6.88. The second-order valence-corrected chi connectivity index (χ2v) is 15.2. The third-order valence-electron chi connectivity index (χ3n) is 12.3. The largest absolute Gasteiger partial charge is 0.228 e. The van der Waals surface area contributed by atoms with Gasteiger partial charge in [0.25, 0.3) is 0 Å². The van der Waals surface area contributed by atoms with E-state index >= 15 is 0 Å². The number of rotatable bonds is 4. The molecular formula is C55H34N2. The zero-order valence-electron chi connectivity index (χ0n) is 31.0. The van der Waals surface area contributed by atoms with Crippen molar-refractivity contribution in [1.82, 2.24) is 9.97 Å². The number of aromatic nitrogens is 2. The van der Waals surface area contributed by atoms with E-state index in [2.05, 4.69) is 182 Å². The Labute approximate surface area is 331 Å². The van der Waals surface area contributed by atoms with Crippen LogP contribution in [-0.2, 0) is 5.41 Å². The minimum absolute atomic E-state index is 0.472. The summed E-state index contributed by atoms with van der Waals surface area (Å²) in [6.45, 7) is 0. The molecule has 0 radical (unpaired) electrons. The Bertz CT molecular complexity index is 3130.